The number of benzene rings is 2. The van der Waals surface area contributed by atoms with Crippen molar-refractivity contribution >= 4 is 11.6 Å². The Hall–Kier alpha value is -1.58. The Morgan fingerprint density at radius 1 is 1.19 bits per heavy atom. The van der Waals surface area contributed by atoms with Crippen molar-refractivity contribution in [2.75, 3.05) is 13.7 Å². The lowest BCUT2D eigenvalue weighted by Gasteiger charge is -2.16. The van der Waals surface area contributed by atoms with Crippen molar-refractivity contribution in [2.45, 2.75) is 12.8 Å². The van der Waals surface area contributed by atoms with Crippen LogP contribution in [0.4, 0.5) is 4.39 Å². The lowest BCUT2D eigenvalue weighted by molar-refractivity contribution is 0.223. The SMILES string of the molecule is COc1cccc(CC(CO)Cc2cccc(Cl)c2)c1F. The fourth-order valence-electron chi connectivity index (χ4n) is 2.38. The van der Waals surface area contributed by atoms with Gasteiger partial charge in [0, 0.05) is 11.6 Å². The summed E-state index contributed by atoms with van der Waals surface area (Å²) in [6.45, 7) is -0.0108. The first-order valence-electron chi connectivity index (χ1n) is 6.80. The van der Waals surface area contributed by atoms with Crippen LogP contribution in [0.25, 0.3) is 0 Å². The molecule has 0 aromatic heterocycles. The number of ether oxygens (including phenoxy) is 1. The molecule has 0 aliphatic carbocycles. The fourth-order valence-corrected chi connectivity index (χ4v) is 2.59. The van der Waals surface area contributed by atoms with Crippen molar-refractivity contribution in [1.82, 2.24) is 0 Å². The molecule has 2 aromatic rings. The summed E-state index contributed by atoms with van der Waals surface area (Å²) in [6, 6.07) is 12.6. The molecule has 0 fully saturated rings. The zero-order valence-electron chi connectivity index (χ0n) is 11.9. The van der Waals surface area contributed by atoms with Gasteiger partial charge in [0.15, 0.2) is 11.6 Å². The summed E-state index contributed by atoms with van der Waals surface area (Å²) in [6.07, 6.45) is 1.10. The Morgan fingerprint density at radius 3 is 2.62 bits per heavy atom. The first-order chi connectivity index (χ1) is 10.1. The number of halogens is 2. The fraction of sp³-hybridized carbons (Fsp3) is 0.294. The molecular weight excluding hydrogens is 291 g/mol. The minimum atomic E-state index is -0.357. The van der Waals surface area contributed by atoms with Crippen molar-refractivity contribution in [3.05, 3.63) is 64.4 Å². The van der Waals surface area contributed by atoms with Crippen LogP contribution in [0.5, 0.6) is 5.75 Å². The Morgan fingerprint density at radius 2 is 1.95 bits per heavy atom. The quantitative estimate of drug-likeness (QED) is 0.877. The molecular formula is C17H18ClFO2. The van der Waals surface area contributed by atoms with Crippen molar-refractivity contribution in [3.63, 3.8) is 0 Å². The van der Waals surface area contributed by atoms with E-state index in [1.165, 1.54) is 7.11 Å². The maximum Gasteiger partial charge on any atom is 0.168 e. The monoisotopic (exact) mass is 308 g/mol. The molecule has 0 saturated carbocycles. The predicted molar refractivity (Wildman–Crippen MR) is 82.4 cm³/mol. The molecule has 0 radical (unpaired) electrons. The summed E-state index contributed by atoms with van der Waals surface area (Å²) in [5.41, 5.74) is 1.58. The van der Waals surface area contributed by atoms with E-state index < -0.39 is 0 Å². The highest BCUT2D eigenvalue weighted by molar-refractivity contribution is 6.30. The normalized spacial score (nSPS) is 12.2. The van der Waals surface area contributed by atoms with Crippen LogP contribution in [0, 0.1) is 11.7 Å². The highest BCUT2D eigenvalue weighted by Crippen LogP contribution is 2.24. The van der Waals surface area contributed by atoms with E-state index in [0.717, 1.165) is 5.56 Å². The molecule has 1 atom stereocenters. The van der Waals surface area contributed by atoms with E-state index in [2.05, 4.69) is 0 Å². The third-order valence-corrected chi connectivity index (χ3v) is 3.68. The van der Waals surface area contributed by atoms with Crippen LogP contribution < -0.4 is 4.74 Å². The van der Waals surface area contributed by atoms with Gasteiger partial charge >= 0.3 is 0 Å². The first-order valence-corrected chi connectivity index (χ1v) is 7.18. The second kappa shape index (κ2) is 7.43. The van der Waals surface area contributed by atoms with Crippen LogP contribution in [0.15, 0.2) is 42.5 Å². The molecule has 2 rings (SSSR count). The number of hydrogen-bond acceptors (Lipinski definition) is 2. The van der Waals surface area contributed by atoms with E-state index >= 15 is 0 Å². The van der Waals surface area contributed by atoms with Gasteiger partial charge in [0.2, 0.25) is 0 Å². The molecule has 0 amide bonds. The lowest BCUT2D eigenvalue weighted by Crippen LogP contribution is -2.14. The smallest absolute Gasteiger partial charge is 0.168 e. The average Bonchev–Trinajstić information content (AvgIpc) is 2.48. The van der Waals surface area contributed by atoms with Gasteiger partial charge in [-0.1, -0.05) is 35.9 Å². The molecule has 2 nitrogen and oxygen atoms in total. The average molecular weight is 309 g/mol. The van der Waals surface area contributed by atoms with Crippen LogP contribution >= 0.6 is 11.6 Å². The first kappa shape index (κ1) is 15.8. The van der Waals surface area contributed by atoms with Crippen molar-refractivity contribution < 1.29 is 14.2 Å². The third kappa shape index (κ3) is 4.19. The summed E-state index contributed by atoms with van der Waals surface area (Å²) in [4.78, 5) is 0. The minimum absolute atomic E-state index is 0.0108. The highest BCUT2D eigenvalue weighted by Gasteiger charge is 2.15. The number of aliphatic hydroxyl groups excluding tert-OH is 1. The highest BCUT2D eigenvalue weighted by atomic mass is 35.5. The molecule has 112 valence electrons. The lowest BCUT2D eigenvalue weighted by atomic mass is 9.93. The zero-order valence-corrected chi connectivity index (χ0v) is 12.6. The molecule has 0 bridgehead atoms. The molecule has 4 heteroatoms. The molecule has 0 heterocycles. The van der Waals surface area contributed by atoms with Gasteiger partial charge in [0.05, 0.1) is 7.11 Å². The predicted octanol–water partition coefficient (Wildman–Crippen LogP) is 3.88. The summed E-state index contributed by atoms with van der Waals surface area (Å²) in [7, 11) is 1.44. The van der Waals surface area contributed by atoms with Gasteiger partial charge in [0.1, 0.15) is 0 Å². The van der Waals surface area contributed by atoms with Gasteiger partial charge in [-0.2, -0.15) is 0 Å². The zero-order chi connectivity index (χ0) is 15.2. The van der Waals surface area contributed by atoms with E-state index in [1.54, 1.807) is 24.3 Å². The van der Waals surface area contributed by atoms with Crippen LogP contribution in [0.2, 0.25) is 5.02 Å². The Kier molecular flexibility index (Phi) is 5.59. The number of hydrogen-bond donors (Lipinski definition) is 1. The Labute approximate surface area is 129 Å². The summed E-state index contributed by atoms with van der Waals surface area (Å²) in [5, 5.41) is 10.2. The summed E-state index contributed by atoms with van der Waals surface area (Å²) in [5.74, 6) is -0.193. The van der Waals surface area contributed by atoms with Crippen molar-refractivity contribution in [1.29, 1.82) is 0 Å². The third-order valence-electron chi connectivity index (χ3n) is 3.44. The van der Waals surface area contributed by atoms with Gasteiger partial charge in [-0.25, -0.2) is 4.39 Å². The van der Waals surface area contributed by atoms with Gasteiger partial charge in [-0.3, -0.25) is 0 Å². The maximum absolute atomic E-state index is 14.1. The number of methoxy groups -OCH3 is 1. The molecule has 0 aliphatic rings. The van der Waals surface area contributed by atoms with Crippen LogP contribution in [0.1, 0.15) is 11.1 Å². The standard InChI is InChI=1S/C17H18ClFO2/c1-21-16-7-3-5-14(17(16)19)9-13(11-20)8-12-4-2-6-15(18)10-12/h2-7,10,13,20H,8-9,11H2,1H3. The van der Waals surface area contributed by atoms with Crippen LogP contribution in [0.3, 0.4) is 0 Å². The van der Waals surface area contributed by atoms with E-state index in [-0.39, 0.29) is 24.1 Å². The van der Waals surface area contributed by atoms with E-state index in [4.69, 9.17) is 16.3 Å². The number of rotatable bonds is 6. The van der Waals surface area contributed by atoms with Crippen molar-refractivity contribution in [2.24, 2.45) is 5.92 Å². The van der Waals surface area contributed by atoms with E-state index in [0.29, 0.717) is 23.4 Å². The van der Waals surface area contributed by atoms with Gasteiger partial charge < -0.3 is 9.84 Å². The second-order valence-electron chi connectivity index (χ2n) is 5.02. The summed E-state index contributed by atoms with van der Waals surface area (Å²) >= 11 is 5.96. The van der Waals surface area contributed by atoms with E-state index in [9.17, 15) is 9.50 Å². The molecule has 0 aliphatic heterocycles. The Balaban J connectivity index is 2.12. The van der Waals surface area contributed by atoms with Crippen LogP contribution in [-0.2, 0) is 12.8 Å². The molecule has 0 spiro atoms. The molecule has 21 heavy (non-hydrogen) atoms. The topological polar surface area (TPSA) is 29.5 Å². The maximum atomic E-state index is 14.1. The number of aliphatic hydroxyl groups is 1. The largest absolute Gasteiger partial charge is 0.494 e. The molecule has 1 N–H and O–H groups in total. The van der Waals surface area contributed by atoms with Gasteiger partial charge in [0.25, 0.3) is 0 Å². The minimum Gasteiger partial charge on any atom is -0.494 e. The van der Waals surface area contributed by atoms with Crippen LogP contribution in [-0.4, -0.2) is 18.8 Å². The van der Waals surface area contributed by atoms with E-state index in [1.807, 2.05) is 18.2 Å². The molecule has 2 aromatic carbocycles. The summed E-state index contributed by atoms with van der Waals surface area (Å²) < 4.78 is 19.1. The molecule has 0 saturated heterocycles. The van der Waals surface area contributed by atoms with Gasteiger partial charge in [-0.15, -0.1) is 0 Å². The Bertz CT molecular complexity index is 601. The van der Waals surface area contributed by atoms with Gasteiger partial charge in [-0.05, 0) is 48.1 Å². The molecule has 1 unspecified atom stereocenters. The second-order valence-corrected chi connectivity index (χ2v) is 5.46. The van der Waals surface area contributed by atoms with Crippen molar-refractivity contribution in [3.8, 4) is 5.75 Å².